The van der Waals surface area contributed by atoms with Gasteiger partial charge in [-0.05, 0) is 46.5 Å². The van der Waals surface area contributed by atoms with Crippen LogP contribution in [0.5, 0.6) is 0 Å². The van der Waals surface area contributed by atoms with Crippen molar-refractivity contribution in [1.82, 2.24) is 19.9 Å². The van der Waals surface area contributed by atoms with Crippen molar-refractivity contribution in [3.05, 3.63) is 146 Å². The summed E-state index contributed by atoms with van der Waals surface area (Å²) in [6, 6.07) is 48.5. The quantitative estimate of drug-likeness (QED) is 0.204. The largest absolute Gasteiger partial charge is 0.256 e. The zero-order chi connectivity index (χ0) is 29.7. The van der Waals surface area contributed by atoms with Crippen molar-refractivity contribution in [2.45, 2.75) is 0 Å². The van der Waals surface area contributed by atoms with Gasteiger partial charge in [0.25, 0.3) is 0 Å². The smallest absolute Gasteiger partial charge is 0.164 e. The molecule has 6 aromatic carbocycles. The number of aromatic nitrogens is 4. The van der Waals surface area contributed by atoms with Crippen LogP contribution in [0.25, 0.3) is 87.1 Å². The highest BCUT2D eigenvalue weighted by Gasteiger charge is 2.15. The Kier molecular flexibility index (Phi) is 5.96. The van der Waals surface area contributed by atoms with Crippen LogP contribution in [-0.4, -0.2) is 19.9 Å². The fraction of sp³-hybridized carbons (Fsp3) is 0. The van der Waals surface area contributed by atoms with E-state index in [1.54, 1.807) is 11.3 Å². The summed E-state index contributed by atoms with van der Waals surface area (Å²) in [5.41, 5.74) is 4.89. The van der Waals surface area contributed by atoms with Crippen molar-refractivity contribution in [1.29, 1.82) is 0 Å². The molecular weight excluding hydrogens is 569 g/mol. The first-order valence-corrected chi connectivity index (χ1v) is 15.7. The van der Waals surface area contributed by atoms with Crippen LogP contribution in [0.4, 0.5) is 0 Å². The minimum Gasteiger partial charge on any atom is -0.256 e. The number of thiophene rings is 1. The van der Waals surface area contributed by atoms with Crippen molar-refractivity contribution in [3.63, 3.8) is 0 Å². The Morgan fingerprint density at radius 3 is 1.84 bits per heavy atom. The van der Waals surface area contributed by atoms with Gasteiger partial charge in [-0.3, -0.25) is 4.98 Å². The van der Waals surface area contributed by atoms with Crippen molar-refractivity contribution in [2.75, 3.05) is 0 Å². The lowest BCUT2D eigenvalue weighted by Crippen LogP contribution is -2.00. The van der Waals surface area contributed by atoms with Gasteiger partial charge in [-0.15, -0.1) is 11.3 Å². The third kappa shape index (κ3) is 4.62. The molecule has 0 unspecified atom stereocenters. The number of hydrogen-bond donors (Lipinski definition) is 0. The molecule has 0 N–H and O–H groups in total. The first-order chi connectivity index (χ1) is 22.2. The Morgan fingerprint density at radius 1 is 0.378 bits per heavy atom. The van der Waals surface area contributed by atoms with Gasteiger partial charge < -0.3 is 0 Å². The molecule has 0 radical (unpaired) electrons. The second-order valence-corrected chi connectivity index (χ2v) is 12.3. The summed E-state index contributed by atoms with van der Waals surface area (Å²) >= 11 is 1.80. The maximum absolute atomic E-state index is 5.05. The minimum atomic E-state index is 0.645. The molecule has 0 bridgehead atoms. The van der Waals surface area contributed by atoms with Crippen LogP contribution < -0.4 is 0 Å². The predicted molar refractivity (Wildman–Crippen MR) is 187 cm³/mol. The van der Waals surface area contributed by atoms with Gasteiger partial charge in [0.15, 0.2) is 17.5 Å². The van der Waals surface area contributed by atoms with Gasteiger partial charge in [-0.25, -0.2) is 15.0 Å². The summed E-state index contributed by atoms with van der Waals surface area (Å²) < 4.78 is 2.50. The Labute approximate surface area is 263 Å². The molecule has 0 aliphatic carbocycles. The maximum atomic E-state index is 5.05. The van der Waals surface area contributed by atoms with Crippen LogP contribution in [0.1, 0.15) is 0 Å². The number of nitrogens with zero attached hydrogens (tertiary/aromatic N) is 4. The number of benzene rings is 6. The van der Waals surface area contributed by atoms with Crippen LogP contribution in [0, 0.1) is 0 Å². The SMILES string of the molecule is c1ccc(-c2nc(-c3ccc4ccc(-c5cc6ccccc6cn5)cc4c3)nc(-c3ccc4c(c3)sc3ccccc34)n2)cc1. The molecule has 0 fully saturated rings. The van der Waals surface area contributed by atoms with E-state index in [0.717, 1.165) is 44.1 Å². The van der Waals surface area contributed by atoms with E-state index in [9.17, 15) is 0 Å². The summed E-state index contributed by atoms with van der Waals surface area (Å²) in [6.45, 7) is 0. The van der Waals surface area contributed by atoms with Gasteiger partial charge in [-0.1, -0.05) is 109 Å². The average Bonchev–Trinajstić information content (AvgIpc) is 3.49. The van der Waals surface area contributed by atoms with Crippen LogP contribution in [-0.2, 0) is 0 Å². The maximum Gasteiger partial charge on any atom is 0.164 e. The molecule has 0 aliphatic rings. The molecule has 3 aromatic heterocycles. The minimum absolute atomic E-state index is 0.645. The van der Waals surface area contributed by atoms with Gasteiger partial charge in [0.05, 0.1) is 5.69 Å². The lowest BCUT2D eigenvalue weighted by molar-refractivity contribution is 1.08. The Hall–Kier alpha value is -5.78. The summed E-state index contributed by atoms with van der Waals surface area (Å²) in [6.07, 6.45) is 1.94. The molecule has 9 rings (SSSR count). The first-order valence-electron chi connectivity index (χ1n) is 14.9. The third-order valence-electron chi connectivity index (χ3n) is 8.33. The van der Waals surface area contributed by atoms with Crippen molar-refractivity contribution < 1.29 is 0 Å². The van der Waals surface area contributed by atoms with Crippen molar-refractivity contribution >= 4 is 53.1 Å². The van der Waals surface area contributed by atoms with E-state index in [0.29, 0.717) is 17.5 Å². The molecule has 0 aliphatic heterocycles. The molecule has 45 heavy (non-hydrogen) atoms. The van der Waals surface area contributed by atoms with Crippen LogP contribution in [0.2, 0.25) is 0 Å². The van der Waals surface area contributed by atoms with E-state index < -0.39 is 0 Å². The molecule has 0 saturated carbocycles. The molecule has 3 heterocycles. The van der Waals surface area contributed by atoms with Crippen molar-refractivity contribution in [3.8, 4) is 45.4 Å². The van der Waals surface area contributed by atoms with E-state index in [1.807, 2.05) is 42.6 Å². The molecule has 0 atom stereocenters. The number of pyridine rings is 1. The van der Waals surface area contributed by atoms with E-state index in [1.165, 1.54) is 25.6 Å². The second-order valence-electron chi connectivity index (χ2n) is 11.2. The van der Waals surface area contributed by atoms with Gasteiger partial charge in [-0.2, -0.15) is 0 Å². The van der Waals surface area contributed by atoms with E-state index in [2.05, 4.69) is 103 Å². The molecule has 9 aromatic rings. The molecule has 0 saturated heterocycles. The molecular formula is C40H24N4S. The van der Waals surface area contributed by atoms with Gasteiger partial charge in [0.2, 0.25) is 0 Å². The van der Waals surface area contributed by atoms with Crippen LogP contribution in [0.3, 0.4) is 0 Å². The number of rotatable bonds is 4. The zero-order valence-electron chi connectivity index (χ0n) is 24.1. The van der Waals surface area contributed by atoms with Gasteiger partial charge in [0, 0.05) is 54.0 Å². The second kappa shape index (κ2) is 10.4. The fourth-order valence-electron chi connectivity index (χ4n) is 6.00. The van der Waals surface area contributed by atoms with Gasteiger partial charge in [0.1, 0.15) is 0 Å². The van der Waals surface area contributed by atoms with Crippen LogP contribution >= 0.6 is 11.3 Å². The lowest BCUT2D eigenvalue weighted by Gasteiger charge is -2.10. The summed E-state index contributed by atoms with van der Waals surface area (Å²) in [5, 5.41) is 7.10. The summed E-state index contributed by atoms with van der Waals surface area (Å²) in [7, 11) is 0. The Bertz CT molecular complexity index is 2550. The van der Waals surface area contributed by atoms with Crippen LogP contribution in [0.15, 0.2) is 146 Å². The summed E-state index contributed by atoms with van der Waals surface area (Å²) in [4.78, 5) is 19.8. The highest BCUT2D eigenvalue weighted by Crippen LogP contribution is 2.36. The molecule has 0 spiro atoms. The Balaban J connectivity index is 1.18. The standard InChI is InChI=1S/C40H24N4S/c1-2-8-26(9-3-1)38-42-39(44-40(43-38)30-18-19-34-33-12-6-7-13-36(33)45-37(34)23-30)29-17-15-25-14-16-28(20-32(25)21-29)35-22-27-10-4-5-11-31(27)24-41-35/h1-24H. The number of hydrogen-bond acceptors (Lipinski definition) is 5. The molecule has 0 amide bonds. The van der Waals surface area contributed by atoms with E-state index in [-0.39, 0.29) is 0 Å². The highest BCUT2D eigenvalue weighted by atomic mass is 32.1. The lowest BCUT2D eigenvalue weighted by atomic mass is 10.0. The predicted octanol–water partition coefficient (Wildman–Crippen LogP) is 10.6. The monoisotopic (exact) mass is 592 g/mol. The Morgan fingerprint density at radius 2 is 1.00 bits per heavy atom. The third-order valence-corrected chi connectivity index (χ3v) is 9.46. The molecule has 210 valence electrons. The van der Waals surface area contributed by atoms with Gasteiger partial charge >= 0.3 is 0 Å². The fourth-order valence-corrected chi connectivity index (χ4v) is 7.15. The first kappa shape index (κ1) is 25.7. The normalized spacial score (nSPS) is 11.6. The number of fused-ring (bicyclic) bond motifs is 5. The topological polar surface area (TPSA) is 51.6 Å². The van der Waals surface area contributed by atoms with E-state index >= 15 is 0 Å². The highest BCUT2D eigenvalue weighted by molar-refractivity contribution is 7.25. The van der Waals surface area contributed by atoms with E-state index in [4.69, 9.17) is 19.9 Å². The molecule has 4 nitrogen and oxygen atoms in total. The zero-order valence-corrected chi connectivity index (χ0v) is 24.9. The van der Waals surface area contributed by atoms with Crippen molar-refractivity contribution in [2.24, 2.45) is 0 Å². The average molecular weight is 593 g/mol. The molecule has 5 heteroatoms. The summed E-state index contributed by atoms with van der Waals surface area (Å²) in [5.74, 6) is 1.96.